The molecule has 0 saturated heterocycles. The van der Waals surface area contributed by atoms with Gasteiger partial charge in [0.15, 0.2) is 0 Å². The van der Waals surface area contributed by atoms with Crippen molar-refractivity contribution in [2.45, 2.75) is 26.8 Å². The van der Waals surface area contributed by atoms with Crippen LogP contribution in [0.4, 0.5) is 4.39 Å². The zero-order valence-corrected chi connectivity index (χ0v) is 11.6. The predicted octanol–water partition coefficient (Wildman–Crippen LogP) is 2.71. The number of rotatable bonds is 3. The van der Waals surface area contributed by atoms with Crippen LogP contribution in [0.1, 0.15) is 31.1 Å². The fourth-order valence-corrected chi connectivity index (χ4v) is 1.78. The zero-order valence-electron chi connectivity index (χ0n) is 10.8. The van der Waals surface area contributed by atoms with Crippen LogP contribution in [-0.4, -0.2) is 23.0 Å². The number of hydrogen-bond acceptors (Lipinski definition) is 2. The number of carboxylic acid groups (broad SMARTS) is 1. The highest BCUT2D eigenvalue weighted by Crippen LogP contribution is 2.22. The molecule has 0 aliphatic heterocycles. The van der Waals surface area contributed by atoms with Gasteiger partial charge in [-0.05, 0) is 23.6 Å². The van der Waals surface area contributed by atoms with E-state index in [9.17, 15) is 14.0 Å². The van der Waals surface area contributed by atoms with Gasteiger partial charge < -0.3 is 10.4 Å². The van der Waals surface area contributed by atoms with Gasteiger partial charge in [0.2, 0.25) is 0 Å². The van der Waals surface area contributed by atoms with Gasteiger partial charge in [-0.3, -0.25) is 4.79 Å². The standard InChI is InChI=1S/C13H15ClFNO3/c1-13(2,3)10(12(18)19)16-11(17)8-5-4-7(15)6-9(8)14/h4-6,10H,1-3H3,(H,16,17)(H,18,19)/t10-/m1/s1. The number of hydrogen-bond donors (Lipinski definition) is 2. The third kappa shape index (κ3) is 3.92. The van der Waals surface area contributed by atoms with Crippen molar-refractivity contribution in [3.05, 3.63) is 34.6 Å². The first-order chi connectivity index (χ1) is 8.62. The Morgan fingerprint density at radius 3 is 2.37 bits per heavy atom. The van der Waals surface area contributed by atoms with Crippen molar-refractivity contribution in [2.75, 3.05) is 0 Å². The monoisotopic (exact) mass is 287 g/mol. The number of nitrogens with one attached hydrogen (secondary N) is 1. The number of carboxylic acids is 1. The Morgan fingerprint density at radius 1 is 1.37 bits per heavy atom. The minimum atomic E-state index is -1.14. The molecule has 6 heteroatoms. The van der Waals surface area contributed by atoms with Crippen LogP contribution in [0.3, 0.4) is 0 Å². The molecular weight excluding hydrogens is 273 g/mol. The Kier molecular flexibility index (Phi) is 4.52. The molecule has 0 aliphatic carbocycles. The van der Waals surface area contributed by atoms with Crippen LogP contribution in [0.15, 0.2) is 18.2 Å². The van der Waals surface area contributed by atoms with Gasteiger partial charge in [-0.15, -0.1) is 0 Å². The fourth-order valence-electron chi connectivity index (χ4n) is 1.53. The quantitative estimate of drug-likeness (QED) is 0.898. The third-order valence-electron chi connectivity index (χ3n) is 2.56. The van der Waals surface area contributed by atoms with E-state index in [1.54, 1.807) is 20.8 Å². The van der Waals surface area contributed by atoms with Crippen molar-refractivity contribution in [3.63, 3.8) is 0 Å². The lowest BCUT2D eigenvalue weighted by Gasteiger charge is -2.27. The Hall–Kier alpha value is -1.62. The van der Waals surface area contributed by atoms with Crippen LogP contribution in [0, 0.1) is 11.2 Å². The Bertz CT molecular complexity index is 511. The van der Waals surface area contributed by atoms with Crippen LogP contribution in [0.25, 0.3) is 0 Å². The van der Waals surface area contributed by atoms with Gasteiger partial charge in [-0.1, -0.05) is 32.4 Å². The molecule has 0 radical (unpaired) electrons. The molecule has 19 heavy (non-hydrogen) atoms. The van der Waals surface area contributed by atoms with E-state index in [1.807, 2.05) is 0 Å². The van der Waals surface area contributed by atoms with E-state index in [0.29, 0.717) is 0 Å². The minimum absolute atomic E-state index is 0.0403. The molecule has 0 aromatic heterocycles. The van der Waals surface area contributed by atoms with Gasteiger partial charge in [-0.2, -0.15) is 0 Å². The lowest BCUT2D eigenvalue weighted by molar-refractivity contribution is -0.142. The van der Waals surface area contributed by atoms with E-state index in [0.717, 1.165) is 12.1 Å². The number of aliphatic carboxylic acids is 1. The zero-order chi connectivity index (χ0) is 14.8. The summed E-state index contributed by atoms with van der Waals surface area (Å²) in [5.41, 5.74) is -0.618. The smallest absolute Gasteiger partial charge is 0.326 e. The Labute approximate surface area is 115 Å². The molecule has 1 atom stereocenters. The molecule has 1 aromatic carbocycles. The maximum atomic E-state index is 12.9. The predicted molar refractivity (Wildman–Crippen MR) is 69.8 cm³/mol. The summed E-state index contributed by atoms with van der Waals surface area (Å²) in [5, 5.41) is 11.4. The molecule has 1 amide bonds. The first kappa shape index (κ1) is 15.4. The highest BCUT2D eigenvalue weighted by atomic mass is 35.5. The summed E-state index contributed by atoms with van der Waals surface area (Å²) in [6.07, 6.45) is 0. The molecule has 4 nitrogen and oxygen atoms in total. The van der Waals surface area contributed by atoms with Gasteiger partial charge >= 0.3 is 5.97 Å². The van der Waals surface area contributed by atoms with Gasteiger partial charge in [0.25, 0.3) is 5.91 Å². The normalized spacial score (nSPS) is 12.9. The van der Waals surface area contributed by atoms with Crippen molar-refractivity contribution in [1.82, 2.24) is 5.32 Å². The largest absolute Gasteiger partial charge is 0.480 e. The summed E-state index contributed by atoms with van der Waals surface area (Å²) >= 11 is 5.75. The second-order valence-corrected chi connectivity index (χ2v) is 5.64. The fraction of sp³-hybridized carbons (Fsp3) is 0.385. The van der Waals surface area contributed by atoms with E-state index in [-0.39, 0.29) is 10.6 Å². The first-order valence-electron chi connectivity index (χ1n) is 5.61. The van der Waals surface area contributed by atoms with Crippen molar-refractivity contribution < 1.29 is 19.1 Å². The van der Waals surface area contributed by atoms with Gasteiger partial charge in [0.05, 0.1) is 10.6 Å². The van der Waals surface area contributed by atoms with Crippen LogP contribution < -0.4 is 5.32 Å². The van der Waals surface area contributed by atoms with Crippen molar-refractivity contribution in [3.8, 4) is 0 Å². The SMILES string of the molecule is CC(C)(C)[C@H](NC(=O)c1ccc(F)cc1Cl)C(=O)O. The van der Waals surface area contributed by atoms with E-state index in [2.05, 4.69) is 5.32 Å². The molecule has 0 spiro atoms. The first-order valence-corrected chi connectivity index (χ1v) is 5.99. The van der Waals surface area contributed by atoms with Gasteiger partial charge in [-0.25, -0.2) is 9.18 Å². The molecule has 0 fully saturated rings. The second kappa shape index (κ2) is 5.57. The molecule has 0 heterocycles. The summed E-state index contributed by atoms with van der Waals surface area (Å²) in [6.45, 7) is 5.08. The topological polar surface area (TPSA) is 66.4 Å². The summed E-state index contributed by atoms with van der Waals surface area (Å²) in [7, 11) is 0. The van der Waals surface area contributed by atoms with Crippen LogP contribution in [-0.2, 0) is 4.79 Å². The van der Waals surface area contributed by atoms with Crippen LogP contribution in [0.5, 0.6) is 0 Å². The van der Waals surface area contributed by atoms with E-state index in [1.165, 1.54) is 6.07 Å². The maximum Gasteiger partial charge on any atom is 0.326 e. The molecular formula is C13H15ClFNO3. The van der Waals surface area contributed by atoms with Crippen molar-refractivity contribution in [2.24, 2.45) is 5.41 Å². The summed E-state index contributed by atoms with van der Waals surface area (Å²) < 4.78 is 12.9. The molecule has 104 valence electrons. The molecule has 2 N–H and O–H groups in total. The number of amides is 1. The molecule has 1 aromatic rings. The molecule has 1 rings (SSSR count). The summed E-state index contributed by atoms with van der Waals surface area (Å²) in [4.78, 5) is 23.1. The lowest BCUT2D eigenvalue weighted by atomic mass is 9.86. The number of benzene rings is 1. The molecule has 0 bridgehead atoms. The average molecular weight is 288 g/mol. The molecule has 0 unspecified atom stereocenters. The Morgan fingerprint density at radius 2 is 1.95 bits per heavy atom. The van der Waals surface area contributed by atoms with Gasteiger partial charge in [0, 0.05) is 0 Å². The number of halogens is 2. The molecule has 0 saturated carbocycles. The Balaban J connectivity index is 2.98. The number of carbonyl (C=O) groups is 2. The van der Waals surface area contributed by atoms with E-state index >= 15 is 0 Å². The average Bonchev–Trinajstić information content (AvgIpc) is 2.23. The van der Waals surface area contributed by atoms with Gasteiger partial charge in [0.1, 0.15) is 11.9 Å². The minimum Gasteiger partial charge on any atom is -0.480 e. The van der Waals surface area contributed by atoms with Crippen molar-refractivity contribution in [1.29, 1.82) is 0 Å². The summed E-state index contributed by atoms with van der Waals surface area (Å²) in [6, 6.07) is 2.24. The van der Waals surface area contributed by atoms with E-state index < -0.39 is 29.2 Å². The second-order valence-electron chi connectivity index (χ2n) is 5.23. The lowest BCUT2D eigenvalue weighted by Crippen LogP contribution is -2.49. The number of carbonyl (C=O) groups excluding carboxylic acids is 1. The summed E-state index contributed by atoms with van der Waals surface area (Å²) in [5.74, 6) is -2.35. The molecule has 0 aliphatic rings. The highest BCUT2D eigenvalue weighted by molar-refractivity contribution is 6.33. The van der Waals surface area contributed by atoms with Crippen LogP contribution in [0.2, 0.25) is 5.02 Å². The maximum absolute atomic E-state index is 12.9. The van der Waals surface area contributed by atoms with Crippen LogP contribution >= 0.6 is 11.6 Å². The van der Waals surface area contributed by atoms with E-state index in [4.69, 9.17) is 16.7 Å². The van der Waals surface area contributed by atoms with Crippen molar-refractivity contribution >= 4 is 23.5 Å². The third-order valence-corrected chi connectivity index (χ3v) is 2.88. The highest BCUT2D eigenvalue weighted by Gasteiger charge is 2.33.